The van der Waals surface area contributed by atoms with Gasteiger partial charge in [-0.25, -0.2) is 4.39 Å². The summed E-state index contributed by atoms with van der Waals surface area (Å²) in [5.74, 6) is 1.85. The van der Waals surface area contributed by atoms with Crippen LogP contribution in [0.3, 0.4) is 0 Å². The summed E-state index contributed by atoms with van der Waals surface area (Å²) in [5.41, 5.74) is 2.63. The lowest BCUT2D eigenvalue weighted by atomic mass is 10.0. The van der Waals surface area contributed by atoms with Crippen molar-refractivity contribution in [2.45, 2.75) is 6.61 Å². The van der Waals surface area contributed by atoms with Gasteiger partial charge in [0.25, 0.3) is 0 Å². The molecule has 3 aromatic carbocycles. The first-order valence-corrected chi connectivity index (χ1v) is 9.47. The third-order valence-electron chi connectivity index (χ3n) is 4.60. The Labute approximate surface area is 180 Å². The number of rotatable bonds is 8. The lowest BCUT2D eigenvalue weighted by molar-refractivity contribution is 0.284. The van der Waals surface area contributed by atoms with Gasteiger partial charge in [0.1, 0.15) is 12.4 Å². The van der Waals surface area contributed by atoms with Crippen LogP contribution in [0.25, 0.3) is 11.6 Å². The highest BCUT2D eigenvalue weighted by Gasteiger charge is 2.10. The molecule has 158 valence electrons. The van der Waals surface area contributed by atoms with E-state index in [1.807, 2.05) is 6.07 Å². The van der Waals surface area contributed by atoms with Gasteiger partial charge in [0.05, 0.1) is 33.0 Å². The molecule has 0 atom stereocenters. The second-order valence-corrected chi connectivity index (χ2v) is 6.57. The van der Waals surface area contributed by atoms with Crippen LogP contribution in [0, 0.1) is 17.1 Å². The molecule has 0 aliphatic carbocycles. The number of halogens is 1. The minimum atomic E-state index is -0.312. The zero-order valence-corrected chi connectivity index (χ0v) is 17.5. The molecule has 0 amide bonds. The van der Waals surface area contributed by atoms with Gasteiger partial charge in [-0.2, -0.15) is 5.26 Å². The molecule has 0 fully saturated rings. The van der Waals surface area contributed by atoms with Crippen LogP contribution < -0.4 is 18.9 Å². The van der Waals surface area contributed by atoms with E-state index in [1.165, 1.54) is 19.2 Å². The molecule has 0 radical (unpaired) electrons. The third kappa shape index (κ3) is 5.34. The summed E-state index contributed by atoms with van der Waals surface area (Å²) in [6, 6.07) is 19.1. The van der Waals surface area contributed by atoms with Crippen LogP contribution in [-0.2, 0) is 6.61 Å². The number of ether oxygens (including phenoxy) is 4. The van der Waals surface area contributed by atoms with E-state index in [0.717, 1.165) is 5.56 Å². The molecule has 0 heterocycles. The van der Waals surface area contributed by atoms with Gasteiger partial charge in [0, 0.05) is 0 Å². The predicted molar refractivity (Wildman–Crippen MR) is 117 cm³/mol. The standard InChI is InChI=1S/C25H22FNO4/c1-28-22-10-8-19(14-25(22)30-3)20(15-27)11-17-7-9-23(24(13-17)29-2)31-16-18-5-4-6-21(26)12-18/h4-14H,16H2,1-3H3/b20-11+. The Morgan fingerprint density at radius 1 is 0.871 bits per heavy atom. The van der Waals surface area contributed by atoms with E-state index in [4.69, 9.17) is 18.9 Å². The lowest BCUT2D eigenvalue weighted by Gasteiger charge is -2.12. The summed E-state index contributed by atoms with van der Waals surface area (Å²) in [7, 11) is 4.64. The average molecular weight is 419 g/mol. The van der Waals surface area contributed by atoms with Gasteiger partial charge in [-0.1, -0.05) is 18.2 Å². The highest BCUT2D eigenvalue weighted by Crippen LogP contribution is 2.33. The minimum absolute atomic E-state index is 0.207. The highest BCUT2D eigenvalue weighted by molar-refractivity contribution is 5.90. The van der Waals surface area contributed by atoms with Crippen molar-refractivity contribution in [2.75, 3.05) is 21.3 Å². The molecule has 0 aromatic heterocycles. The summed E-state index contributed by atoms with van der Waals surface area (Å²) in [5, 5.41) is 9.67. The van der Waals surface area contributed by atoms with E-state index in [9.17, 15) is 9.65 Å². The smallest absolute Gasteiger partial charge is 0.161 e. The van der Waals surface area contributed by atoms with Crippen LogP contribution in [0.2, 0.25) is 0 Å². The summed E-state index contributed by atoms with van der Waals surface area (Å²) >= 11 is 0. The SMILES string of the molecule is COc1ccc(/C(C#N)=C/c2ccc(OCc3cccc(F)c3)c(OC)c2)cc1OC. The highest BCUT2D eigenvalue weighted by atomic mass is 19.1. The number of nitrogens with zero attached hydrogens (tertiary/aromatic N) is 1. The molecule has 0 bridgehead atoms. The van der Waals surface area contributed by atoms with Crippen molar-refractivity contribution < 1.29 is 23.3 Å². The van der Waals surface area contributed by atoms with E-state index in [2.05, 4.69) is 6.07 Å². The number of hydrogen-bond donors (Lipinski definition) is 0. The minimum Gasteiger partial charge on any atom is -0.493 e. The van der Waals surface area contributed by atoms with Crippen LogP contribution in [0.4, 0.5) is 4.39 Å². The maximum atomic E-state index is 13.3. The van der Waals surface area contributed by atoms with Crippen molar-refractivity contribution in [1.29, 1.82) is 5.26 Å². The summed E-state index contributed by atoms with van der Waals surface area (Å²) in [6.45, 7) is 0.207. The molecular weight excluding hydrogens is 397 g/mol. The normalized spacial score (nSPS) is 10.9. The van der Waals surface area contributed by atoms with Gasteiger partial charge in [-0.05, 0) is 65.2 Å². The maximum absolute atomic E-state index is 13.3. The fraction of sp³-hybridized carbons (Fsp3) is 0.160. The average Bonchev–Trinajstić information content (AvgIpc) is 2.81. The number of benzene rings is 3. The topological polar surface area (TPSA) is 60.7 Å². The van der Waals surface area contributed by atoms with Gasteiger partial charge in [-0.15, -0.1) is 0 Å². The van der Waals surface area contributed by atoms with Crippen LogP contribution in [0.1, 0.15) is 16.7 Å². The first-order chi connectivity index (χ1) is 15.1. The molecule has 0 aliphatic heterocycles. The quantitative estimate of drug-likeness (QED) is 0.357. The van der Waals surface area contributed by atoms with E-state index in [-0.39, 0.29) is 12.4 Å². The molecule has 0 N–H and O–H groups in total. The summed E-state index contributed by atoms with van der Waals surface area (Å²) < 4.78 is 35.1. The van der Waals surface area contributed by atoms with Crippen molar-refractivity contribution in [2.24, 2.45) is 0 Å². The zero-order valence-electron chi connectivity index (χ0n) is 17.5. The molecule has 0 unspecified atom stereocenters. The second-order valence-electron chi connectivity index (χ2n) is 6.57. The van der Waals surface area contributed by atoms with Crippen molar-refractivity contribution in [1.82, 2.24) is 0 Å². The first kappa shape index (κ1) is 21.7. The Hall–Kier alpha value is -3.98. The monoisotopic (exact) mass is 419 g/mol. The molecule has 0 saturated heterocycles. The molecule has 0 aliphatic rings. The largest absolute Gasteiger partial charge is 0.493 e. The maximum Gasteiger partial charge on any atom is 0.161 e. The van der Waals surface area contributed by atoms with Crippen LogP contribution >= 0.6 is 0 Å². The summed E-state index contributed by atoms with van der Waals surface area (Å²) in [6.07, 6.45) is 1.75. The second kappa shape index (κ2) is 10.2. The molecule has 31 heavy (non-hydrogen) atoms. The Balaban J connectivity index is 1.85. The lowest BCUT2D eigenvalue weighted by Crippen LogP contribution is -1.98. The fourth-order valence-corrected chi connectivity index (χ4v) is 3.03. The van der Waals surface area contributed by atoms with Gasteiger partial charge in [-0.3, -0.25) is 0 Å². The molecular formula is C25H22FNO4. The predicted octanol–water partition coefficient (Wildman–Crippen LogP) is 5.49. The molecule has 5 nitrogen and oxygen atoms in total. The Bertz CT molecular complexity index is 1130. The van der Waals surface area contributed by atoms with Crippen molar-refractivity contribution in [3.05, 3.63) is 83.2 Å². The number of hydrogen-bond acceptors (Lipinski definition) is 5. The van der Waals surface area contributed by atoms with Gasteiger partial charge in [0.2, 0.25) is 0 Å². The van der Waals surface area contributed by atoms with Crippen LogP contribution in [0.5, 0.6) is 23.0 Å². The Morgan fingerprint density at radius 2 is 1.58 bits per heavy atom. The van der Waals surface area contributed by atoms with E-state index < -0.39 is 0 Å². The Morgan fingerprint density at radius 3 is 2.26 bits per heavy atom. The van der Waals surface area contributed by atoms with Crippen molar-refractivity contribution in [3.63, 3.8) is 0 Å². The van der Waals surface area contributed by atoms with Gasteiger partial charge in [0.15, 0.2) is 23.0 Å². The zero-order chi connectivity index (χ0) is 22.2. The number of allylic oxidation sites excluding steroid dienone is 1. The van der Waals surface area contributed by atoms with Crippen LogP contribution in [-0.4, -0.2) is 21.3 Å². The van der Waals surface area contributed by atoms with Crippen molar-refractivity contribution >= 4 is 11.6 Å². The molecule has 3 rings (SSSR count). The molecule has 3 aromatic rings. The first-order valence-electron chi connectivity index (χ1n) is 9.47. The third-order valence-corrected chi connectivity index (χ3v) is 4.60. The van der Waals surface area contributed by atoms with Crippen LogP contribution in [0.15, 0.2) is 60.7 Å². The van der Waals surface area contributed by atoms with E-state index in [1.54, 1.807) is 62.8 Å². The van der Waals surface area contributed by atoms with Gasteiger partial charge >= 0.3 is 0 Å². The van der Waals surface area contributed by atoms with E-state index >= 15 is 0 Å². The molecule has 0 spiro atoms. The molecule has 0 saturated carbocycles. The summed E-state index contributed by atoms with van der Waals surface area (Å²) in [4.78, 5) is 0. The molecule has 6 heteroatoms. The number of nitriles is 1. The van der Waals surface area contributed by atoms with Crippen molar-refractivity contribution in [3.8, 4) is 29.1 Å². The fourth-order valence-electron chi connectivity index (χ4n) is 3.03. The van der Waals surface area contributed by atoms with E-state index in [0.29, 0.717) is 39.7 Å². The van der Waals surface area contributed by atoms with Gasteiger partial charge < -0.3 is 18.9 Å². The number of methoxy groups -OCH3 is 3. The Kier molecular flexibility index (Phi) is 7.13.